The van der Waals surface area contributed by atoms with Crippen LogP contribution in [0.1, 0.15) is 40.0 Å². The van der Waals surface area contributed by atoms with E-state index in [1.807, 2.05) is 0 Å². The summed E-state index contributed by atoms with van der Waals surface area (Å²) in [6.45, 7) is 9.74. The highest BCUT2D eigenvalue weighted by atomic mass is 15.4. The predicted octanol–water partition coefficient (Wildman–Crippen LogP) is 2.44. The molecule has 0 bridgehead atoms. The van der Waals surface area contributed by atoms with Gasteiger partial charge in [-0.1, -0.05) is 20.8 Å². The Balaban J connectivity index is 4.51. The third-order valence-electron chi connectivity index (χ3n) is 2.15. The second-order valence-corrected chi connectivity index (χ2v) is 4.06. The summed E-state index contributed by atoms with van der Waals surface area (Å²) >= 11 is 0. The molecule has 0 aromatic heterocycles. The fraction of sp³-hybridized carbons (Fsp3) is 0.917. The van der Waals surface area contributed by atoms with Crippen LogP contribution in [-0.4, -0.2) is 49.5 Å². The van der Waals surface area contributed by atoms with E-state index in [9.17, 15) is 0 Å². The minimum atomic E-state index is 0.928. The fourth-order valence-corrected chi connectivity index (χ4v) is 1.59. The zero-order valence-electron chi connectivity index (χ0n) is 11.1. The molecule has 0 saturated heterocycles. The van der Waals surface area contributed by atoms with Crippen molar-refractivity contribution in [3.63, 3.8) is 0 Å². The maximum Gasteiger partial charge on any atom is 0.196 e. The van der Waals surface area contributed by atoms with Crippen molar-refractivity contribution in [2.24, 2.45) is 4.99 Å². The first-order valence-electron chi connectivity index (χ1n) is 6.14. The van der Waals surface area contributed by atoms with Crippen LogP contribution in [0.4, 0.5) is 0 Å². The Morgan fingerprint density at radius 2 is 1.47 bits per heavy atom. The van der Waals surface area contributed by atoms with E-state index in [1.165, 1.54) is 12.8 Å². The Bertz CT molecular complexity index is 170. The van der Waals surface area contributed by atoms with Gasteiger partial charge in [0.1, 0.15) is 0 Å². The molecule has 0 radical (unpaired) electrons. The summed E-state index contributed by atoms with van der Waals surface area (Å²) in [5.74, 6) is 1.14. The molecule has 0 heterocycles. The molecule has 0 aliphatic carbocycles. The summed E-state index contributed by atoms with van der Waals surface area (Å²) in [7, 11) is 4.15. The largest absolute Gasteiger partial charge is 0.349 e. The molecule has 0 unspecified atom stereocenters. The zero-order valence-corrected chi connectivity index (χ0v) is 11.1. The smallest absolute Gasteiger partial charge is 0.196 e. The summed E-state index contributed by atoms with van der Waals surface area (Å²) in [5.41, 5.74) is 0. The molecule has 0 N–H and O–H groups in total. The second kappa shape index (κ2) is 8.57. The van der Waals surface area contributed by atoms with Crippen molar-refractivity contribution in [3.05, 3.63) is 0 Å². The normalized spacial score (nSPS) is 11.7. The summed E-state index contributed by atoms with van der Waals surface area (Å²) in [6.07, 6.45) is 3.47. The molecule has 3 heteroatoms. The van der Waals surface area contributed by atoms with E-state index in [-0.39, 0.29) is 0 Å². The van der Waals surface area contributed by atoms with Gasteiger partial charge in [-0.2, -0.15) is 0 Å². The molecule has 0 aromatic carbocycles. The van der Waals surface area contributed by atoms with Crippen molar-refractivity contribution in [2.45, 2.75) is 40.0 Å². The van der Waals surface area contributed by atoms with Gasteiger partial charge in [0.2, 0.25) is 0 Å². The Kier molecular flexibility index (Phi) is 8.15. The lowest BCUT2D eigenvalue weighted by molar-refractivity contribution is 0.362. The van der Waals surface area contributed by atoms with Gasteiger partial charge in [0.05, 0.1) is 0 Å². The van der Waals surface area contributed by atoms with Gasteiger partial charge in [0, 0.05) is 33.7 Å². The van der Waals surface area contributed by atoms with Crippen LogP contribution in [0.5, 0.6) is 0 Å². The van der Waals surface area contributed by atoms with Crippen LogP contribution in [0, 0.1) is 0 Å². The van der Waals surface area contributed by atoms with Crippen LogP contribution in [0.15, 0.2) is 4.99 Å². The second-order valence-electron chi connectivity index (χ2n) is 4.06. The third-order valence-corrected chi connectivity index (χ3v) is 2.15. The molecule has 0 rings (SSSR count). The summed E-state index contributed by atoms with van der Waals surface area (Å²) < 4.78 is 0. The van der Waals surface area contributed by atoms with Crippen molar-refractivity contribution in [3.8, 4) is 0 Å². The van der Waals surface area contributed by atoms with Crippen molar-refractivity contribution < 1.29 is 0 Å². The van der Waals surface area contributed by atoms with E-state index in [0.29, 0.717) is 0 Å². The molecule has 0 fully saturated rings. The molecule has 0 aromatic rings. The number of rotatable bonds is 6. The number of aliphatic imine (C=N–C) groups is 1. The minimum absolute atomic E-state index is 0.928. The monoisotopic (exact) mass is 213 g/mol. The van der Waals surface area contributed by atoms with Crippen LogP contribution in [0.2, 0.25) is 0 Å². The summed E-state index contributed by atoms with van der Waals surface area (Å²) in [6, 6.07) is 0. The molecular formula is C12H27N3. The van der Waals surface area contributed by atoms with Gasteiger partial charge in [-0.15, -0.1) is 0 Å². The molecule has 0 amide bonds. The Hall–Kier alpha value is -0.730. The number of hydrogen-bond donors (Lipinski definition) is 0. The average molecular weight is 213 g/mol. The quantitative estimate of drug-likeness (QED) is 0.498. The van der Waals surface area contributed by atoms with Crippen LogP contribution >= 0.6 is 0 Å². The first-order valence-corrected chi connectivity index (χ1v) is 6.14. The van der Waals surface area contributed by atoms with Gasteiger partial charge in [-0.25, -0.2) is 0 Å². The van der Waals surface area contributed by atoms with E-state index >= 15 is 0 Å². The van der Waals surface area contributed by atoms with Gasteiger partial charge in [0.15, 0.2) is 5.96 Å². The fourth-order valence-electron chi connectivity index (χ4n) is 1.59. The Morgan fingerprint density at radius 1 is 0.933 bits per heavy atom. The van der Waals surface area contributed by atoms with Crippen LogP contribution in [0.25, 0.3) is 0 Å². The lowest BCUT2D eigenvalue weighted by Crippen LogP contribution is -2.41. The highest BCUT2D eigenvalue weighted by Crippen LogP contribution is 2.00. The maximum absolute atomic E-state index is 4.65. The van der Waals surface area contributed by atoms with Gasteiger partial charge in [-0.3, -0.25) is 4.99 Å². The number of hydrogen-bond acceptors (Lipinski definition) is 1. The van der Waals surface area contributed by atoms with Crippen molar-refractivity contribution in [1.82, 2.24) is 9.80 Å². The minimum Gasteiger partial charge on any atom is -0.349 e. The Labute approximate surface area is 95.2 Å². The van der Waals surface area contributed by atoms with Crippen LogP contribution < -0.4 is 0 Å². The first kappa shape index (κ1) is 14.3. The van der Waals surface area contributed by atoms with E-state index in [0.717, 1.165) is 32.0 Å². The molecule has 0 aliphatic rings. The van der Waals surface area contributed by atoms with Crippen LogP contribution in [-0.2, 0) is 0 Å². The molecule has 90 valence electrons. The number of nitrogens with zero attached hydrogens (tertiary/aromatic N) is 3. The molecule has 3 nitrogen and oxygen atoms in total. The molecule has 0 saturated carbocycles. The standard InChI is InChI=1S/C12H27N3/c1-6-9-13-12(14(4)5)15(10-7-2)11-8-3/h6-11H2,1-5H3/b13-12+. The Morgan fingerprint density at radius 3 is 1.80 bits per heavy atom. The lowest BCUT2D eigenvalue weighted by atomic mass is 10.3. The van der Waals surface area contributed by atoms with E-state index in [4.69, 9.17) is 0 Å². The first-order chi connectivity index (χ1) is 7.17. The van der Waals surface area contributed by atoms with E-state index < -0.39 is 0 Å². The summed E-state index contributed by atoms with van der Waals surface area (Å²) in [4.78, 5) is 9.16. The van der Waals surface area contributed by atoms with Crippen molar-refractivity contribution in [2.75, 3.05) is 33.7 Å². The third kappa shape index (κ3) is 5.65. The maximum atomic E-state index is 4.65. The summed E-state index contributed by atoms with van der Waals surface area (Å²) in [5, 5.41) is 0. The lowest BCUT2D eigenvalue weighted by Gasteiger charge is -2.29. The van der Waals surface area contributed by atoms with Gasteiger partial charge >= 0.3 is 0 Å². The average Bonchev–Trinajstić information content (AvgIpc) is 2.18. The zero-order chi connectivity index (χ0) is 11.7. The van der Waals surface area contributed by atoms with E-state index in [2.05, 4.69) is 49.7 Å². The predicted molar refractivity (Wildman–Crippen MR) is 68.4 cm³/mol. The van der Waals surface area contributed by atoms with Crippen LogP contribution in [0.3, 0.4) is 0 Å². The van der Waals surface area contributed by atoms with Crippen molar-refractivity contribution >= 4 is 5.96 Å². The number of guanidine groups is 1. The van der Waals surface area contributed by atoms with E-state index in [1.54, 1.807) is 0 Å². The topological polar surface area (TPSA) is 18.8 Å². The SMILES string of the molecule is CCC/N=C(\N(C)C)N(CCC)CCC. The van der Waals surface area contributed by atoms with Gasteiger partial charge < -0.3 is 9.80 Å². The molecule has 15 heavy (non-hydrogen) atoms. The van der Waals surface area contributed by atoms with Gasteiger partial charge in [-0.05, 0) is 19.3 Å². The molecular weight excluding hydrogens is 186 g/mol. The molecule has 0 spiro atoms. The molecule has 0 atom stereocenters. The van der Waals surface area contributed by atoms with Crippen molar-refractivity contribution in [1.29, 1.82) is 0 Å². The highest BCUT2D eigenvalue weighted by Gasteiger charge is 2.10. The van der Waals surface area contributed by atoms with Gasteiger partial charge in [0.25, 0.3) is 0 Å². The molecule has 0 aliphatic heterocycles. The highest BCUT2D eigenvalue weighted by molar-refractivity contribution is 5.79.